The summed E-state index contributed by atoms with van der Waals surface area (Å²) in [5.74, 6) is -2.50. The summed E-state index contributed by atoms with van der Waals surface area (Å²) < 4.78 is 6.18. The Labute approximate surface area is 199 Å². The molecule has 0 aliphatic carbocycles. The van der Waals surface area contributed by atoms with Gasteiger partial charge in [0.2, 0.25) is 0 Å². The molecule has 2 aromatic carbocycles. The molecule has 1 aliphatic rings. The fourth-order valence-corrected chi connectivity index (χ4v) is 3.42. The number of amides is 1. The van der Waals surface area contributed by atoms with Crippen LogP contribution in [-0.4, -0.2) is 47.3 Å². The highest BCUT2D eigenvalue weighted by atomic mass is 16.5. The lowest BCUT2D eigenvalue weighted by Gasteiger charge is -2.25. The van der Waals surface area contributed by atoms with Gasteiger partial charge in [0.05, 0.1) is 0 Å². The third-order valence-electron chi connectivity index (χ3n) is 4.96. The molecule has 34 heavy (non-hydrogen) atoms. The van der Waals surface area contributed by atoms with Gasteiger partial charge in [0.25, 0.3) is 5.91 Å². The van der Waals surface area contributed by atoms with Crippen molar-refractivity contribution in [3.8, 4) is 0 Å². The minimum atomic E-state index is -1.26. The Kier molecular flexibility index (Phi) is 11.0. The molecule has 0 fully saturated rings. The molecule has 0 saturated heterocycles. The quantitative estimate of drug-likeness (QED) is 0.334. The summed E-state index contributed by atoms with van der Waals surface area (Å²) in [4.78, 5) is 33.8. The lowest BCUT2D eigenvalue weighted by Crippen LogP contribution is -2.29. The number of benzene rings is 2. The van der Waals surface area contributed by atoms with E-state index in [9.17, 15) is 14.4 Å². The van der Waals surface area contributed by atoms with Crippen molar-refractivity contribution in [2.75, 3.05) is 18.1 Å². The Morgan fingerprint density at radius 2 is 1.59 bits per heavy atom. The molecule has 8 nitrogen and oxygen atoms in total. The van der Waals surface area contributed by atoms with E-state index in [-0.39, 0.29) is 12.1 Å². The Morgan fingerprint density at radius 3 is 2.21 bits per heavy atom. The van der Waals surface area contributed by atoms with Crippen molar-refractivity contribution >= 4 is 23.5 Å². The molecular weight excluding hydrogens is 436 g/mol. The van der Waals surface area contributed by atoms with E-state index < -0.39 is 11.9 Å². The zero-order valence-electron chi connectivity index (χ0n) is 19.5. The third-order valence-corrected chi connectivity index (χ3v) is 4.96. The first-order valence-electron chi connectivity index (χ1n) is 11.3. The topological polar surface area (TPSA) is 116 Å². The molecule has 1 atom stereocenters. The van der Waals surface area contributed by atoms with Gasteiger partial charge in [0.1, 0.15) is 0 Å². The molecule has 0 spiro atoms. The minimum absolute atomic E-state index is 0.0120. The number of para-hydroxylation sites is 1. The second-order valence-corrected chi connectivity index (χ2v) is 8.00. The zero-order valence-corrected chi connectivity index (χ0v) is 19.5. The van der Waals surface area contributed by atoms with E-state index >= 15 is 0 Å². The summed E-state index contributed by atoms with van der Waals surface area (Å²) in [6, 6.07) is 18.1. The van der Waals surface area contributed by atoms with Crippen LogP contribution in [0, 0.1) is 0 Å². The largest absolute Gasteiger partial charge is 0.478 e. The normalized spacial score (nSPS) is 14.7. The SMILES string of the molecule is CC(C)NCCCCCOC1c2ccccc2C(=O)N1c1ccccc1.O=C(O)/C=C/C(=O)O. The highest BCUT2D eigenvalue weighted by Crippen LogP contribution is 2.38. The van der Waals surface area contributed by atoms with Crippen LogP contribution in [0.15, 0.2) is 66.7 Å². The van der Waals surface area contributed by atoms with Crippen LogP contribution in [0.1, 0.15) is 55.3 Å². The van der Waals surface area contributed by atoms with Crippen LogP contribution in [0.25, 0.3) is 0 Å². The van der Waals surface area contributed by atoms with Gasteiger partial charge in [0.15, 0.2) is 6.23 Å². The summed E-state index contributed by atoms with van der Waals surface area (Å²) in [6.07, 6.45) is 4.03. The molecule has 0 aromatic heterocycles. The molecule has 1 unspecified atom stereocenters. The van der Waals surface area contributed by atoms with Crippen molar-refractivity contribution in [2.24, 2.45) is 0 Å². The van der Waals surface area contributed by atoms with Crippen molar-refractivity contribution in [1.29, 1.82) is 0 Å². The Hall–Kier alpha value is -3.49. The van der Waals surface area contributed by atoms with Crippen LogP contribution >= 0.6 is 0 Å². The van der Waals surface area contributed by atoms with Gasteiger partial charge in [-0.2, -0.15) is 0 Å². The second kappa shape index (κ2) is 13.9. The summed E-state index contributed by atoms with van der Waals surface area (Å²) in [6.45, 7) is 6.02. The van der Waals surface area contributed by atoms with Gasteiger partial charge in [-0.1, -0.05) is 50.2 Å². The number of carbonyl (C=O) groups is 3. The highest BCUT2D eigenvalue weighted by Gasteiger charge is 2.38. The van der Waals surface area contributed by atoms with Crippen molar-refractivity contribution in [3.63, 3.8) is 0 Å². The van der Waals surface area contributed by atoms with Crippen molar-refractivity contribution in [2.45, 2.75) is 45.4 Å². The molecule has 1 aliphatic heterocycles. The van der Waals surface area contributed by atoms with E-state index in [4.69, 9.17) is 14.9 Å². The van der Waals surface area contributed by atoms with Crippen LogP contribution in [0.2, 0.25) is 0 Å². The molecule has 3 N–H and O–H groups in total. The van der Waals surface area contributed by atoms with Gasteiger partial charge in [0, 0.05) is 41.6 Å². The van der Waals surface area contributed by atoms with E-state index in [1.54, 1.807) is 4.90 Å². The van der Waals surface area contributed by atoms with E-state index in [0.29, 0.717) is 24.8 Å². The number of anilines is 1. The van der Waals surface area contributed by atoms with Gasteiger partial charge >= 0.3 is 11.9 Å². The van der Waals surface area contributed by atoms with Crippen LogP contribution < -0.4 is 10.2 Å². The maximum Gasteiger partial charge on any atom is 0.328 e. The Morgan fingerprint density at radius 1 is 0.971 bits per heavy atom. The van der Waals surface area contributed by atoms with Crippen molar-refractivity contribution < 1.29 is 29.3 Å². The summed E-state index contributed by atoms with van der Waals surface area (Å²) >= 11 is 0. The first kappa shape index (κ1) is 26.8. The average molecular weight is 469 g/mol. The number of hydrogen-bond donors (Lipinski definition) is 3. The molecule has 1 heterocycles. The molecule has 8 heteroatoms. The molecule has 2 aromatic rings. The van der Waals surface area contributed by atoms with Gasteiger partial charge in [-0.25, -0.2) is 9.59 Å². The molecule has 0 radical (unpaired) electrons. The van der Waals surface area contributed by atoms with Gasteiger partial charge < -0.3 is 20.3 Å². The number of fused-ring (bicyclic) bond motifs is 1. The predicted molar refractivity (Wildman–Crippen MR) is 130 cm³/mol. The number of ether oxygens (including phenoxy) is 1. The van der Waals surface area contributed by atoms with Gasteiger partial charge in [-0.15, -0.1) is 0 Å². The fraction of sp³-hybridized carbons (Fsp3) is 0.346. The first-order chi connectivity index (χ1) is 16.3. The van der Waals surface area contributed by atoms with E-state index in [1.807, 2.05) is 54.6 Å². The molecular formula is C26H32N2O6. The standard InChI is InChI=1S/C22H28N2O2.C4H4O4/c1-17(2)23-15-9-4-10-16-26-22-20-14-8-7-13-19(20)21(25)24(22)18-11-5-3-6-12-18;5-3(6)1-2-4(7)8/h3,5-8,11-14,17,22-23H,4,9-10,15-16H2,1-2H3;1-2H,(H,5,6)(H,7,8)/b;2-1+. The van der Waals surface area contributed by atoms with E-state index in [0.717, 1.165) is 42.6 Å². The lowest BCUT2D eigenvalue weighted by molar-refractivity contribution is -0.134. The average Bonchev–Trinajstić information content (AvgIpc) is 3.09. The number of aliphatic carboxylic acids is 2. The Bertz CT molecular complexity index is 958. The number of nitrogens with one attached hydrogen (secondary N) is 1. The number of carbonyl (C=O) groups excluding carboxylic acids is 1. The number of rotatable bonds is 11. The highest BCUT2D eigenvalue weighted by molar-refractivity contribution is 6.10. The second-order valence-electron chi connectivity index (χ2n) is 8.00. The first-order valence-corrected chi connectivity index (χ1v) is 11.3. The fourth-order valence-electron chi connectivity index (χ4n) is 3.42. The predicted octanol–water partition coefficient (Wildman–Crippen LogP) is 4.24. The van der Waals surface area contributed by atoms with Crippen LogP contribution in [-0.2, 0) is 14.3 Å². The Balaban J connectivity index is 0.000000440. The van der Waals surface area contributed by atoms with Crippen LogP contribution in [0.4, 0.5) is 5.69 Å². The summed E-state index contributed by atoms with van der Waals surface area (Å²) in [7, 11) is 0. The number of carboxylic acids is 2. The number of nitrogens with zero attached hydrogens (tertiary/aromatic N) is 1. The summed E-state index contributed by atoms with van der Waals surface area (Å²) in [5.41, 5.74) is 2.57. The molecule has 0 saturated carbocycles. The van der Waals surface area contributed by atoms with Gasteiger partial charge in [-0.05, 0) is 44.0 Å². The zero-order chi connectivity index (χ0) is 24.9. The number of carboxylic acid groups (broad SMARTS) is 2. The molecule has 0 bridgehead atoms. The summed E-state index contributed by atoms with van der Waals surface area (Å²) in [5, 5.41) is 19.1. The molecule has 3 rings (SSSR count). The monoisotopic (exact) mass is 468 g/mol. The third kappa shape index (κ3) is 8.46. The maximum absolute atomic E-state index is 12.9. The van der Waals surface area contributed by atoms with Crippen LogP contribution in [0.5, 0.6) is 0 Å². The minimum Gasteiger partial charge on any atom is -0.478 e. The molecule has 1 amide bonds. The number of hydrogen-bond acceptors (Lipinski definition) is 5. The number of unbranched alkanes of at least 4 members (excludes halogenated alkanes) is 2. The lowest BCUT2D eigenvalue weighted by atomic mass is 10.1. The maximum atomic E-state index is 12.9. The molecule has 182 valence electrons. The van der Waals surface area contributed by atoms with Gasteiger partial charge in [-0.3, -0.25) is 9.69 Å². The van der Waals surface area contributed by atoms with E-state index in [1.165, 1.54) is 0 Å². The smallest absolute Gasteiger partial charge is 0.328 e. The van der Waals surface area contributed by atoms with Crippen LogP contribution in [0.3, 0.4) is 0 Å². The van der Waals surface area contributed by atoms with E-state index in [2.05, 4.69) is 19.2 Å². The van der Waals surface area contributed by atoms with Crippen molar-refractivity contribution in [1.82, 2.24) is 5.32 Å². The van der Waals surface area contributed by atoms with Crippen molar-refractivity contribution in [3.05, 3.63) is 77.9 Å².